The van der Waals surface area contributed by atoms with Gasteiger partial charge in [-0.3, -0.25) is 4.79 Å². The number of hydrogen-bond donors (Lipinski definition) is 1. The zero-order valence-corrected chi connectivity index (χ0v) is 9.92. The van der Waals surface area contributed by atoms with Crippen LogP contribution in [0.3, 0.4) is 0 Å². The van der Waals surface area contributed by atoms with E-state index in [1.807, 2.05) is 6.92 Å². The number of ether oxygens (including phenoxy) is 1. The molecule has 0 spiro atoms. The lowest BCUT2D eigenvalue weighted by Crippen LogP contribution is -2.34. The third-order valence-electron chi connectivity index (χ3n) is 3.21. The lowest BCUT2D eigenvalue weighted by atomic mass is 10.00. The van der Waals surface area contributed by atoms with Crippen molar-refractivity contribution in [3.63, 3.8) is 0 Å². The van der Waals surface area contributed by atoms with Gasteiger partial charge in [0.1, 0.15) is 0 Å². The number of esters is 1. The Bertz CT molecular complexity index is 188. The van der Waals surface area contributed by atoms with E-state index in [2.05, 4.69) is 12.2 Å². The van der Waals surface area contributed by atoms with Gasteiger partial charge in [-0.1, -0.05) is 12.8 Å². The predicted octanol–water partition coefficient (Wildman–Crippen LogP) is 2.11. The Morgan fingerprint density at radius 1 is 1.47 bits per heavy atom. The maximum Gasteiger partial charge on any atom is 0.307 e. The molecule has 3 heteroatoms. The summed E-state index contributed by atoms with van der Waals surface area (Å²) in [5.74, 6) is 0.718. The number of carbonyl (C=O) groups is 1. The number of hydrogen-bond acceptors (Lipinski definition) is 3. The van der Waals surface area contributed by atoms with Crippen molar-refractivity contribution in [3.05, 3.63) is 0 Å². The highest BCUT2D eigenvalue weighted by molar-refractivity contribution is 5.69. The molecule has 1 atom stereocenters. The first kappa shape index (κ1) is 12.5. The molecule has 0 aromatic carbocycles. The van der Waals surface area contributed by atoms with E-state index < -0.39 is 0 Å². The average molecular weight is 213 g/mol. The first-order chi connectivity index (χ1) is 7.24. The second kappa shape index (κ2) is 6.83. The summed E-state index contributed by atoms with van der Waals surface area (Å²) in [6.07, 6.45) is 5.91. The van der Waals surface area contributed by atoms with E-state index in [1.54, 1.807) is 0 Å². The van der Waals surface area contributed by atoms with E-state index in [0.717, 1.165) is 12.5 Å². The fourth-order valence-corrected chi connectivity index (χ4v) is 2.26. The Hall–Kier alpha value is -0.570. The number of rotatable bonds is 6. The van der Waals surface area contributed by atoms with Crippen molar-refractivity contribution in [3.8, 4) is 0 Å². The zero-order valence-electron chi connectivity index (χ0n) is 9.92. The molecule has 1 aliphatic rings. The lowest BCUT2D eigenvalue weighted by molar-refractivity contribution is -0.143. The summed E-state index contributed by atoms with van der Waals surface area (Å²) in [6.45, 7) is 5.29. The molecule has 1 fully saturated rings. The molecular formula is C12H23NO2. The largest absolute Gasteiger partial charge is 0.466 e. The zero-order chi connectivity index (χ0) is 11.1. The standard InChI is InChI=1S/C12H23NO2/c1-3-15-12(14)8-9-13-10(2)11-6-4-5-7-11/h10-11,13H,3-9H2,1-2H3/t10-/m0/s1. The maximum absolute atomic E-state index is 11.1. The first-order valence-corrected chi connectivity index (χ1v) is 6.13. The van der Waals surface area contributed by atoms with Crippen LogP contribution < -0.4 is 5.32 Å². The summed E-state index contributed by atoms with van der Waals surface area (Å²) >= 11 is 0. The topological polar surface area (TPSA) is 38.3 Å². The van der Waals surface area contributed by atoms with Gasteiger partial charge in [0.15, 0.2) is 0 Å². The van der Waals surface area contributed by atoms with Gasteiger partial charge >= 0.3 is 5.97 Å². The molecule has 88 valence electrons. The highest BCUT2D eigenvalue weighted by atomic mass is 16.5. The van der Waals surface area contributed by atoms with Crippen molar-refractivity contribution in [2.75, 3.05) is 13.2 Å². The fourth-order valence-electron chi connectivity index (χ4n) is 2.26. The van der Waals surface area contributed by atoms with Crippen LogP contribution in [0, 0.1) is 5.92 Å². The molecule has 0 bridgehead atoms. The van der Waals surface area contributed by atoms with Crippen LogP contribution in [0.25, 0.3) is 0 Å². The molecule has 0 radical (unpaired) electrons. The van der Waals surface area contributed by atoms with E-state index in [1.165, 1.54) is 25.7 Å². The third-order valence-corrected chi connectivity index (χ3v) is 3.21. The van der Waals surface area contributed by atoms with Crippen molar-refractivity contribution in [2.45, 2.75) is 52.0 Å². The third kappa shape index (κ3) is 4.65. The van der Waals surface area contributed by atoms with Gasteiger partial charge in [0.05, 0.1) is 13.0 Å². The monoisotopic (exact) mass is 213 g/mol. The minimum Gasteiger partial charge on any atom is -0.466 e. The van der Waals surface area contributed by atoms with Crippen LogP contribution in [-0.4, -0.2) is 25.2 Å². The number of carbonyl (C=O) groups excluding carboxylic acids is 1. The Morgan fingerprint density at radius 3 is 2.73 bits per heavy atom. The molecule has 0 aliphatic heterocycles. The highest BCUT2D eigenvalue weighted by Crippen LogP contribution is 2.27. The smallest absolute Gasteiger partial charge is 0.307 e. The van der Waals surface area contributed by atoms with E-state index in [9.17, 15) is 4.79 Å². The molecular weight excluding hydrogens is 190 g/mol. The summed E-state index contributed by atoms with van der Waals surface area (Å²) in [5.41, 5.74) is 0. The molecule has 0 unspecified atom stereocenters. The van der Waals surface area contributed by atoms with E-state index in [0.29, 0.717) is 19.1 Å². The summed E-state index contributed by atoms with van der Waals surface area (Å²) in [7, 11) is 0. The van der Waals surface area contributed by atoms with Crippen molar-refractivity contribution in [2.24, 2.45) is 5.92 Å². The molecule has 0 aromatic heterocycles. The summed E-state index contributed by atoms with van der Waals surface area (Å²) in [4.78, 5) is 11.1. The van der Waals surface area contributed by atoms with Gasteiger partial charge < -0.3 is 10.1 Å². The van der Waals surface area contributed by atoms with Gasteiger partial charge in [-0.15, -0.1) is 0 Å². The Labute approximate surface area is 92.6 Å². The first-order valence-electron chi connectivity index (χ1n) is 6.13. The molecule has 0 amide bonds. The van der Waals surface area contributed by atoms with Crippen LogP contribution in [0.1, 0.15) is 46.0 Å². The Kier molecular flexibility index (Phi) is 5.69. The molecule has 1 rings (SSSR count). The number of nitrogens with one attached hydrogen (secondary N) is 1. The van der Waals surface area contributed by atoms with Gasteiger partial charge in [0, 0.05) is 12.6 Å². The van der Waals surface area contributed by atoms with Gasteiger partial charge in [-0.05, 0) is 32.6 Å². The molecule has 0 saturated heterocycles. The quantitative estimate of drug-likeness (QED) is 0.687. The van der Waals surface area contributed by atoms with Crippen LogP contribution in [0.2, 0.25) is 0 Å². The molecule has 3 nitrogen and oxygen atoms in total. The Balaban J connectivity index is 2.05. The van der Waals surface area contributed by atoms with Gasteiger partial charge in [0.25, 0.3) is 0 Å². The summed E-state index contributed by atoms with van der Waals surface area (Å²) in [6, 6.07) is 0.543. The van der Waals surface area contributed by atoms with Gasteiger partial charge in [0.2, 0.25) is 0 Å². The minimum atomic E-state index is -0.0939. The second-order valence-corrected chi connectivity index (χ2v) is 4.34. The molecule has 1 saturated carbocycles. The van der Waals surface area contributed by atoms with Gasteiger partial charge in [-0.2, -0.15) is 0 Å². The Morgan fingerprint density at radius 2 is 2.13 bits per heavy atom. The second-order valence-electron chi connectivity index (χ2n) is 4.34. The average Bonchev–Trinajstić information content (AvgIpc) is 2.70. The van der Waals surface area contributed by atoms with Crippen molar-refractivity contribution >= 4 is 5.97 Å². The van der Waals surface area contributed by atoms with Crippen LogP contribution in [-0.2, 0) is 9.53 Å². The van der Waals surface area contributed by atoms with Crippen LogP contribution in [0.15, 0.2) is 0 Å². The molecule has 0 aromatic rings. The molecule has 1 aliphatic carbocycles. The fraction of sp³-hybridized carbons (Fsp3) is 0.917. The molecule has 0 heterocycles. The SMILES string of the molecule is CCOC(=O)CCN[C@@H](C)C1CCCC1. The van der Waals surface area contributed by atoms with Crippen molar-refractivity contribution < 1.29 is 9.53 Å². The maximum atomic E-state index is 11.1. The summed E-state index contributed by atoms with van der Waals surface area (Å²) < 4.78 is 4.87. The normalized spacial score (nSPS) is 19.1. The molecule has 1 N–H and O–H groups in total. The summed E-state index contributed by atoms with van der Waals surface area (Å²) in [5, 5.41) is 3.41. The highest BCUT2D eigenvalue weighted by Gasteiger charge is 2.20. The van der Waals surface area contributed by atoms with E-state index in [4.69, 9.17) is 4.74 Å². The molecule has 15 heavy (non-hydrogen) atoms. The van der Waals surface area contributed by atoms with Crippen molar-refractivity contribution in [1.82, 2.24) is 5.32 Å². The van der Waals surface area contributed by atoms with Crippen molar-refractivity contribution in [1.29, 1.82) is 0 Å². The lowest BCUT2D eigenvalue weighted by Gasteiger charge is -2.19. The predicted molar refractivity (Wildman–Crippen MR) is 60.7 cm³/mol. The van der Waals surface area contributed by atoms with E-state index in [-0.39, 0.29) is 5.97 Å². The minimum absolute atomic E-state index is 0.0939. The van der Waals surface area contributed by atoms with Crippen LogP contribution in [0.5, 0.6) is 0 Å². The van der Waals surface area contributed by atoms with Crippen LogP contribution >= 0.6 is 0 Å². The van der Waals surface area contributed by atoms with Crippen LogP contribution in [0.4, 0.5) is 0 Å². The van der Waals surface area contributed by atoms with Gasteiger partial charge in [-0.25, -0.2) is 0 Å². The van der Waals surface area contributed by atoms with E-state index >= 15 is 0 Å².